The van der Waals surface area contributed by atoms with Gasteiger partial charge in [0.05, 0.1) is 6.54 Å². The smallest absolute Gasteiger partial charge is 0.353 e. The number of aliphatic hydroxyl groups is 2. The van der Waals surface area contributed by atoms with Crippen molar-refractivity contribution in [1.82, 2.24) is 24.5 Å². The largest absolute Gasteiger partial charge is 0.387 e. The summed E-state index contributed by atoms with van der Waals surface area (Å²) in [6, 6.07) is 0. The average molecular weight is 322 g/mol. The molecule has 0 radical (unpaired) electrons. The molecule has 1 saturated heterocycles. The van der Waals surface area contributed by atoms with Crippen molar-refractivity contribution >= 4 is 17.0 Å². The fraction of sp³-hybridized carbons (Fsp3) is 0.692. The maximum absolute atomic E-state index is 12.5. The van der Waals surface area contributed by atoms with Crippen molar-refractivity contribution in [1.29, 1.82) is 0 Å². The quantitative estimate of drug-likeness (QED) is 0.601. The van der Waals surface area contributed by atoms with Gasteiger partial charge in [0.2, 0.25) is 0 Å². The Morgan fingerprint density at radius 3 is 3.00 bits per heavy atom. The highest BCUT2D eigenvalue weighted by Gasteiger charge is 2.47. The van der Waals surface area contributed by atoms with Gasteiger partial charge in [-0.05, 0) is 6.42 Å². The third-order valence-corrected chi connectivity index (χ3v) is 4.34. The summed E-state index contributed by atoms with van der Waals surface area (Å²) in [6.45, 7) is 2.96. The number of anilines is 1. The van der Waals surface area contributed by atoms with Crippen LogP contribution in [0, 0.1) is 0 Å². The number of hydrogen-bond acceptors (Lipinski definition) is 8. The molecule has 23 heavy (non-hydrogen) atoms. The zero-order chi connectivity index (χ0) is 16.1. The first-order valence-corrected chi connectivity index (χ1v) is 7.73. The van der Waals surface area contributed by atoms with Gasteiger partial charge in [-0.1, -0.05) is 18.6 Å². The Labute approximate surface area is 130 Å². The highest BCUT2D eigenvalue weighted by Crippen LogP contribution is 2.34. The summed E-state index contributed by atoms with van der Waals surface area (Å²) in [7, 11) is 0. The fourth-order valence-corrected chi connectivity index (χ4v) is 3.12. The zero-order valence-electron chi connectivity index (χ0n) is 12.6. The number of nitrogens with zero attached hydrogens (tertiary/aromatic N) is 5. The number of aromatic nitrogens is 5. The molecule has 3 N–H and O–H groups in total. The lowest BCUT2D eigenvalue weighted by atomic mass is 10.1. The molecule has 2 bridgehead atoms. The predicted octanol–water partition coefficient (Wildman–Crippen LogP) is -1.17. The Morgan fingerprint density at radius 1 is 1.39 bits per heavy atom. The van der Waals surface area contributed by atoms with Crippen molar-refractivity contribution in [3.8, 4) is 0 Å². The SMILES string of the molecule is CCCCNc1nc(=O)n2c3c1nnn3C[C@H]1OC2[C@H](O)[C@@H]1O. The van der Waals surface area contributed by atoms with Gasteiger partial charge in [0.15, 0.2) is 23.2 Å². The molecule has 0 aromatic carbocycles. The fourth-order valence-electron chi connectivity index (χ4n) is 3.12. The van der Waals surface area contributed by atoms with E-state index < -0.39 is 30.2 Å². The Morgan fingerprint density at radius 2 is 2.22 bits per heavy atom. The highest BCUT2D eigenvalue weighted by atomic mass is 16.6. The van der Waals surface area contributed by atoms with E-state index in [2.05, 4.69) is 27.5 Å². The van der Waals surface area contributed by atoms with Crippen LogP contribution in [0.25, 0.3) is 11.2 Å². The lowest BCUT2D eigenvalue weighted by molar-refractivity contribution is -0.0357. The normalized spacial score (nSPS) is 29.0. The van der Waals surface area contributed by atoms with E-state index in [1.165, 1.54) is 9.25 Å². The van der Waals surface area contributed by atoms with Crippen molar-refractivity contribution in [3.63, 3.8) is 0 Å². The van der Waals surface area contributed by atoms with Crippen LogP contribution in [0.1, 0.15) is 26.0 Å². The molecule has 2 aromatic heterocycles. The van der Waals surface area contributed by atoms with E-state index in [0.717, 1.165) is 12.8 Å². The van der Waals surface area contributed by atoms with Gasteiger partial charge in [-0.3, -0.25) is 0 Å². The van der Waals surface area contributed by atoms with Gasteiger partial charge in [0.1, 0.15) is 18.3 Å². The third kappa shape index (κ3) is 2.06. The molecular weight excluding hydrogens is 304 g/mol. The summed E-state index contributed by atoms with van der Waals surface area (Å²) in [6.07, 6.45) is -1.94. The molecule has 0 saturated carbocycles. The van der Waals surface area contributed by atoms with E-state index in [-0.39, 0.29) is 6.54 Å². The van der Waals surface area contributed by atoms with Gasteiger partial charge in [-0.15, -0.1) is 5.10 Å². The van der Waals surface area contributed by atoms with Gasteiger partial charge in [0, 0.05) is 6.54 Å². The second kappa shape index (κ2) is 5.25. The number of nitrogens with one attached hydrogen (secondary N) is 1. The van der Waals surface area contributed by atoms with Crippen molar-refractivity contribution in [3.05, 3.63) is 10.5 Å². The number of ether oxygens (including phenoxy) is 1. The third-order valence-electron chi connectivity index (χ3n) is 4.34. The van der Waals surface area contributed by atoms with Crippen LogP contribution in [0.15, 0.2) is 4.79 Å². The van der Waals surface area contributed by atoms with E-state index in [1.54, 1.807) is 0 Å². The van der Waals surface area contributed by atoms with Crippen LogP contribution in [-0.4, -0.2) is 59.6 Å². The molecule has 2 aliphatic heterocycles. The molecule has 10 heteroatoms. The predicted molar refractivity (Wildman–Crippen MR) is 78.9 cm³/mol. The molecule has 4 rings (SSSR count). The molecule has 0 spiro atoms. The summed E-state index contributed by atoms with van der Waals surface area (Å²) in [5, 5.41) is 31.4. The summed E-state index contributed by atoms with van der Waals surface area (Å²) in [4.78, 5) is 16.5. The van der Waals surface area contributed by atoms with Crippen LogP contribution >= 0.6 is 0 Å². The number of hydrogen-bond donors (Lipinski definition) is 3. The van der Waals surface area contributed by atoms with E-state index in [1.807, 2.05) is 0 Å². The summed E-state index contributed by atoms with van der Waals surface area (Å²) >= 11 is 0. The summed E-state index contributed by atoms with van der Waals surface area (Å²) < 4.78 is 8.35. The number of unbranched alkanes of at least 4 members (excludes halogenated alkanes) is 1. The molecule has 2 aromatic rings. The molecule has 0 amide bonds. The van der Waals surface area contributed by atoms with Gasteiger partial charge in [-0.2, -0.15) is 4.98 Å². The van der Waals surface area contributed by atoms with Crippen LogP contribution in [0.3, 0.4) is 0 Å². The minimum absolute atomic E-state index is 0.211. The van der Waals surface area contributed by atoms with Gasteiger partial charge < -0.3 is 20.3 Å². The van der Waals surface area contributed by atoms with E-state index in [9.17, 15) is 15.0 Å². The number of aliphatic hydroxyl groups excluding tert-OH is 2. The Bertz CT molecular complexity index is 802. The molecule has 1 fully saturated rings. The molecule has 4 heterocycles. The minimum atomic E-state index is -1.19. The van der Waals surface area contributed by atoms with Crippen molar-refractivity contribution in [2.75, 3.05) is 11.9 Å². The zero-order valence-corrected chi connectivity index (χ0v) is 12.6. The second-order valence-corrected chi connectivity index (χ2v) is 5.88. The molecule has 124 valence electrons. The van der Waals surface area contributed by atoms with Crippen LogP contribution in [0.4, 0.5) is 5.82 Å². The van der Waals surface area contributed by atoms with Crippen LogP contribution < -0.4 is 11.0 Å². The van der Waals surface area contributed by atoms with Crippen LogP contribution in [0.5, 0.6) is 0 Å². The maximum atomic E-state index is 12.5. The van der Waals surface area contributed by atoms with Gasteiger partial charge in [-0.25, -0.2) is 14.0 Å². The number of rotatable bonds is 4. The van der Waals surface area contributed by atoms with Crippen molar-refractivity contribution in [2.24, 2.45) is 0 Å². The minimum Gasteiger partial charge on any atom is -0.387 e. The Hall–Kier alpha value is -2.04. The maximum Gasteiger partial charge on any atom is 0.353 e. The van der Waals surface area contributed by atoms with E-state index >= 15 is 0 Å². The van der Waals surface area contributed by atoms with E-state index in [0.29, 0.717) is 23.5 Å². The van der Waals surface area contributed by atoms with Crippen molar-refractivity contribution in [2.45, 2.75) is 50.8 Å². The van der Waals surface area contributed by atoms with Crippen molar-refractivity contribution < 1.29 is 14.9 Å². The van der Waals surface area contributed by atoms with Gasteiger partial charge in [0.25, 0.3) is 0 Å². The standard InChI is InChI=1S/C13H18N6O4/c1-2-3-4-14-10-7-11-18(17-16-7)5-6-8(20)9(21)12(23-6)19(11)13(22)15-10/h6,8-9,12,20-21H,2-5H2,1H3,(H,14,15,22)/t6-,8-,9-,12?/m1/s1. The topological polar surface area (TPSA) is 127 Å². The van der Waals surface area contributed by atoms with Gasteiger partial charge >= 0.3 is 5.69 Å². The second-order valence-electron chi connectivity index (χ2n) is 5.88. The summed E-state index contributed by atoms with van der Waals surface area (Å²) in [5.74, 6) is 0.383. The monoisotopic (exact) mass is 322 g/mol. The molecule has 4 atom stereocenters. The van der Waals surface area contributed by atoms with E-state index in [4.69, 9.17) is 4.74 Å². The van der Waals surface area contributed by atoms with Crippen LogP contribution in [0.2, 0.25) is 0 Å². The summed E-state index contributed by atoms with van der Waals surface area (Å²) in [5.41, 5.74) is 0.333. The lowest BCUT2D eigenvalue weighted by Crippen LogP contribution is -2.39. The molecule has 2 aliphatic rings. The Kier molecular flexibility index (Phi) is 3.32. The molecule has 10 nitrogen and oxygen atoms in total. The first kappa shape index (κ1) is 14.5. The molecule has 1 unspecified atom stereocenters. The number of fused-ring (bicyclic) bond motifs is 3. The highest BCUT2D eigenvalue weighted by molar-refractivity contribution is 5.82. The lowest BCUT2D eigenvalue weighted by Gasteiger charge is -2.19. The van der Waals surface area contributed by atoms with Crippen LogP contribution in [-0.2, 0) is 11.3 Å². The first-order chi connectivity index (χ1) is 11.1. The molecule has 0 aliphatic carbocycles. The first-order valence-electron chi connectivity index (χ1n) is 7.73. The average Bonchev–Trinajstić information content (AvgIpc) is 2.99. The Balaban J connectivity index is 1.87. The molecular formula is C13H18N6O4.